The average molecular weight is 793 g/mol. The van der Waals surface area contributed by atoms with Crippen molar-refractivity contribution >= 4 is 46.4 Å². The smallest absolute Gasteiger partial charge is 0.155 e. The first-order valence-corrected chi connectivity index (χ1v) is 18.5. The zero-order valence-electron chi connectivity index (χ0n) is 26.1. The fourth-order valence-corrected chi connectivity index (χ4v) is 6.65. The van der Waals surface area contributed by atoms with Crippen LogP contribution in [-0.4, -0.2) is 27.6 Å². The summed E-state index contributed by atoms with van der Waals surface area (Å²) in [4.78, 5) is 14.0. The maximum Gasteiger partial charge on any atom is 0.155 e. The van der Waals surface area contributed by atoms with Gasteiger partial charge in [-0.15, -0.1) is 54.1 Å². The minimum absolute atomic E-state index is 0. The van der Waals surface area contributed by atoms with E-state index in [-0.39, 0.29) is 20.1 Å². The van der Waals surface area contributed by atoms with Crippen LogP contribution in [0.15, 0.2) is 126 Å². The number of aryl methyl sites for hydroxylation is 1. The fourth-order valence-electron chi connectivity index (χ4n) is 5.50. The number of nitrogens with zero attached hydrogens (tertiary/aromatic N) is 4. The largest absolute Gasteiger partial charge is 0.501 e. The van der Waals surface area contributed by atoms with E-state index in [0.717, 1.165) is 67.0 Å². The quantitative estimate of drug-likeness (QED) is 0.132. The monoisotopic (exact) mass is 793 g/mol. The Labute approximate surface area is 283 Å². The van der Waals surface area contributed by atoms with E-state index in [0.29, 0.717) is 0 Å². The van der Waals surface area contributed by atoms with Gasteiger partial charge in [0.1, 0.15) is 5.58 Å². The molecule has 0 aliphatic heterocycles. The zero-order chi connectivity index (χ0) is 31.0. The molecule has 8 aromatic rings. The van der Waals surface area contributed by atoms with Gasteiger partial charge in [0.25, 0.3) is 0 Å². The minimum atomic E-state index is -1.45. The summed E-state index contributed by atoms with van der Waals surface area (Å²) in [5, 5.41) is 3.59. The predicted molar refractivity (Wildman–Crippen MR) is 187 cm³/mol. The molecular weight excluding hydrogens is 761 g/mol. The first-order chi connectivity index (χ1) is 21.9. The van der Waals surface area contributed by atoms with Crippen LogP contribution in [-0.2, 0) is 20.1 Å². The SMILES string of the molecule is Cc1cnc2c(c1)nc(-c1[c-]ccc3c1oc1cc([Si](C)(C)C)ccc13)n2-c1ccccc1.[Ir].[c-]1ccccc1-c1ccccn1. The Morgan fingerprint density at radius 1 is 0.761 bits per heavy atom. The van der Waals surface area contributed by atoms with Crippen LogP contribution >= 0.6 is 0 Å². The molecule has 0 bridgehead atoms. The minimum Gasteiger partial charge on any atom is -0.501 e. The second kappa shape index (κ2) is 13.0. The molecule has 0 fully saturated rings. The summed E-state index contributed by atoms with van der Waals surface area (Å²) in [5.41, 5.74) is 8.35. The predicted octanol–water partition coefficient (Wildman–Crippen LogP) is 9.19. The summed E-state index contributed by atoms with van der Waals surface area (Å²) in [7, 11) is -1.45. The molecular formula is C39H32IrN4OSi-2. The van der Waals surface area contributed by atoms with Gasteiger partial charge in [-0.2, -0.15) is 0 Å². The Morgan fingerprint density at radius 3 is 2.30 bits per heavy atom. The maximum atomic E-state index is 6.50. The van der Waals surface area contributed by atoms with E-state index in [1.807, 2.05) is 79.9 Å². The molecule has 0 atom stereocenters. The van der Waals surface area contributed by atoms with Crippen LogP contribution in [0.25, 0.3) is 61.4 Å². The third kappa shape index (κ3) is 6.09. The van der Waals surface area contributed by atoms with E-state index < -0.39 is 8.07 Å². The molecule has 4 aromatic heterocycles. The third-order valence-electron chi connectivity index (χ3n) is 7.82. The molecule has 46 heavy (non-hydrogen) atoms. The normalized spacial score (nSPS) is 11.3. The summed E-state index contributed by atoms with van der Waals surface area (Å²) in [6, 6.07) is 43.3. The van der Waals surface area contributed by atoms with E-state index in [1.165, 1.54) is 5.19 Å². The Morgan fingerprint density at radius 2 is 1.57 bits per heavy atom. The number of fused-ring (bicyclic) bond motifs is 4. The second-order valence-corrected chi connectivity index (χ2v) is 17.2. The van der Waals surface area contributed by atoms with E-state index in [4.69, 9.17) is 14.4 Å². The molecule has 0 unspecified atom stereocenters. The Kier molecular flexibility index (Phi) is 8.83. The van der Waals surface area contributed by atoms with Gasteiger partial charge in [-0.3, -0.25) is 4.98 Å². The first-order valence-electron chi connectivity index (χ1n) is 15.0. The zero-order valence-corrected chi connectivity index (χ0v) is 29.5. The Balaban J connectivity index is 0.000000241. The van der Waals surface area contributed by atoms with Crippen LogP contribution in [0.2, 0.25) is 19.6 Å². The molecule has 7 heteroatoms. The van der Waals surface area contributed by atoms with Gasteiger partial charge < -0.3 is 14.0 Å². The number of para-hydroxylation sites is 1. The van der Waals surface area contributed by atoms with Gasteiger partial charge in [0, 0.05) is 43.6 Å². The first kappa shape index (κ1) is 31.3. The summed E-state index contributed by atoms with van der Waals surface area (Å²) in [6.45, 7) is 9.10. The van der Waals surface area contributed by atoms with E-state index in [1.54, 1.807) is 6.20 Å². The van der Waals surface area contributed by atoms with Crippen LogP contribution in [0.5, 0.6) is 0 Å². The molecule has 8 rings (SSSR count). The molecule has 0 spiro atoms. The van der Waals surface area contributed by atoms with Crippen LogP contribution in [0.1, 0.15) is 5.56 Å². The molecule has 229 valence electrons. The number of hydrogen-bond acceptors (Lipinski definition) is 4. The average Bonchev–Trinajstić information content (AvgIpc) is 3.64. The van der Waals surface area contributed by atoms with Gasteiger partial charge >= 0.3 is 0 Å². The number of hydrogen-bond donors (Lipinski definition) is 0. The number of aromatic nitrogens is 4. The van der Waals surface area contributed by atoms with Gasteiger partial charge in [-0.1, -0.05) is 78.2 Å². The molecule has 1 radical (unpaired) electrons. The van der Waals surface area contributed by atoms with E-state index in [2.05, 4.69) is 83.8 Å². The van der Waals surface area contributed by atoms with Crippen molar-refractivity contribution in [3.05, 3.63) is 139 Å². The molecule has 5 nitrogen and oxygen atoms in total. The number of imidazole rings is 1. The summed E-state index contributed by atoms with van der Waals surface area (Å²) in [5.74, 6) is 0.782. The Hall–Kier alpha value is -4.68. The summed E-state index contributed by atoms with van der Waals surface area (Å²) < 4.78 is 8.60. The standard InChI is InChI=1S/C28H24N3OSi.C11H8N.Ir/c1-18-15-24-28(29-17-18)31(19-9-6-5-7-10-19)27(30-24)23-12-8-11-22-21-14-13-20(33(2,3)4)16-25(21)32-26(22)23;1-2-6-10(7-3-1)11-8-4-5-9-12-11;/h5-11,13-17H,1-4H3;1-6,8-9H;/q2*-1;. The molecule has 0 saturated carbocycles. The van der Waals surface area contributed by atoms with Gasteiger partial charge in [0.2, 0.25) is 0 Å². The van der Waals surface area contributed by atoms with E-state index in [9.17, 15) is 0 Å². The number of furan rings is 1. The van der Waals surface area contributed by atoms with E-state index >= 15 is 0 Å². The topological polar surface area (TPSA) is 56.7 Å². The van der Waals surface area contributed by atoms with Crippen molar-refractivity contribution in [1.82, 2.24) is 19.5 Å². The molecule has 0 aliphatic carbocycles. The van der Waals surface area contributed by atoms with Crippen molar-refractivity contribution in [1.29, 1.82) is 0 Å². The van der Waals surface area contributed by atoms with Crippen molar-refractivity contribution in [2.45, 2.75) is 26.6 Å². The van der Waals surface area contributed by atoms with Crippen LogP contribution in [0.3, 0.4) is 0 Å². The molecule has 4 aromatic carbocycles. The molecule has 0 aliphatic rings. The Bertz CT molecular complexity index is 2220. The summed E-state index contributed by atoms with van der Waals surface area (Å²) in [6.07, 6.45) is 3.67. The van der Waals surface area contributed by atoms with Crippen LogP contribution in [0, 0.1) is 19.1 Å². The van der Waals surface area contributed by atoms with Crippen molar-refractivity contribution in [3.8, 4) is 28.3 Å². The van der Waals surface area contributed by atoms with Crippen molar-refractivity contribution < 1.29 is 24.5 Å². The van der Waals surface area contributed by atoms with Gasteiger partial charge in [0.15, 0.2) is 5.65 Å². The number of pyridine rings is 2. The van der Waals surface area contributed by atoms with Crippen molar-refractivity contribution in [2.24, 2.45) is 0 Å². The van der Waals surface area contributed by atoms with Gasteiger partial charge in [-0.25, -0.2) is 4.98 Å². The van der Waals surface area contributed by atoms with Gasteiger partial charge in [0.05, 0.1) is 25.0 Å². The van der Waals surface area contributed by atoms with Crippen LogP contribution < -0.4 is 5.19 Å². The fraction of sp³-hybridized carbons (Fsp3) is 0.103. The van der Waals surface area contributed by atoms with Crippen molar-refractivity contribution in [2.75, 3.05) is 0 Å². The van der Waals surface area contributed by atoms with Gasteiger partial charge in [-0.05, 0) is 48.5 Å². The maximum absolute atomic E-state index is 6.50. The molecule has 0 saturated heterocycles. The number of rotatable bonds is 4. The molecule has 0 N–H and O–H groups in total. The number of benzene rings is 4. The second-order valence-electron chi connectivity index (χ2n) is 12.1. The van der Waals surface area contributed by atoms with Crippen molar-refractivity contribution in [3.63, 3.8) is 0 Å². The molecule has 0 amide bonds. The third-order valence-corrected chi connectivity index (χ3v) is 9.86. The molecule has 4 heterocycles. The van der Waals surface area contributed by atoms with Crippen LogP contribution in [0.4, 0.5) is 0 Å². The summed E-state index contributed by atoms with van der Waals surface area (Å²) >= 11 is 0.